The van der Waals surface area contributed by atoms with Gasteiger partial charge in [0.2, 0.25) is 5.82 Å². The van der Waals surface area contributed by atoms with E-state index < -0.39 is 52.9 Å². The third kappa shape index (κ3) is 3.58. The molecule has 0 unspecified atom stereocenters. The molecule has 3 nitrogen and oxygen atoms in total. The average molecular weight is 297 g/mol. The molecule has 1 rings (SSSR count). The molecule has 0 radical (unpaired) electrons. The molecule has 0 aliphatic rings. The molecule has 0 fully saturated rings. The first kappa shape index (κ1) is 16.2. The Morgan fingerprint density at radius 3 is 1.75 bits per heavy atom. The lowest BCUT2D eigenvalue weighted by Crippen LogP contribution is -2.28. The molecular weight excluding hydrogens is 285 g/mol. The van der Waals surface area contributed by atoms with E-state index in [2.05, 4.69) is 0 Å². The average Bonchev–Trinajstić information content (AvgIpc) is 2.32. The number of rotatable bonds is 3. The summed E-state index contributed by atoms with van der Waals surface area (Å²) in [6, 6.07) is 0. The van der Waals surface area contributed by atoms with Crippen molar-refractivity contribution in [1.29, 1.82) is 0 Å². The summed E-state index contributed by atoms with van der Waals surface area (Å²) in [6.07, 6.45) is 0. The third-order valence-corrected chi connectivity index (χ3v) is 2.04. The van der Waals surface area contributed by atoms with Crippen molar-refractivity contribution in [2.45, 2.75) is 26.4 Å². The Labute approximate surface area is 111 Å². The number of carbonyl (C=O) groups excluding carboxylic acids is 1. The molecule has 0 spiro atoms. The highest BCUT2D eigenvalue weighted by Crippen LogP contribution is 2.26. The fourth-order valence-corrected chi connectivity index (χ4v) is 1.30. The minimum atomic E-state index is -2.26. The summed E-state index contributed by atoms with van der Waals surface area (Å²) >= 11 is 0. The van der Waals surface area contributed by atoms with Gasteiger partial charge >= 0.3 is 5.97 Å². The van der Waals surface area contributed by atoms with E-state index in [4.69, 9.17) is 4.74 Å². The molecule has 0 atom stereocenters. The minimum absolute atomic E-state index is 0.740. The maximum absolute atomic E-state index is 13.3. The summed E-state index contributed by atoms with van der Waals surface area (Å²) in [7, 11) is 0. The van der Waals surface area contributed by atoms with Gasteiger partial charge in [-0.2, -0.15) is 0 Å². The second-order valence-corrected chi connectivity index (χ2v) is 4.88. The number of nitrogens with one attached hydrogen (secondary N) is 1. The molecule has 0 heterocycles. The topological polar surface area (TPSA) is 38.3 Å². The van der Waals surface area contributed by atoms with Crippen molar-refractivity contribution in [2.24, 2.45) is 0 Å². The van der Waals surface area contributed by atoms with Gasteiger partial charge in [-0.25, -0.2) is 22.0 Å². The quantitative estimate of drug-likeness (QED) is 0.403. The molecule has 1 aromatic carbocycles. The summed E-state index contributed by atoms with van der Waals surface area (Å²) in [4.78, 5) is 11.3. The molecule has 0 saturated heterocycles. The van der Waals surface area contributed by atoms with Crippen LogP contribution in [0.2, 0.25) is 0 Å². The molecule has 1 N–H and O–H groups in total. The number of hydrogen-bond acceptors (Lipinski definition) is 3. The number of carbonyl (C=O) groups is 1. The van der Waals surface area contributed by atoms with Gasteiger partial charge in [0.05, 0.1) is 0 Å². The number of benzene rings is 1. The number of esters is 1. The summed E-state index contributed by atoms with van der Waals surface area (Å²) in [5, 5.41) is 1.84. The Hall–Kier alpha value is -1.86. The Kier molecular flexibility index (Phi) is 4.57. The minimum Gasteiger partial charge on any atom is -0.459 e. The van der Waals surface area contributed by atoms with E-state index in [9.17, 15) is 26.7 Å². The van der Waals surface area contributed by atoms with Gasteiger partial charge in [-0.15, -0.1) is 0 Å². The summed E-state index contributed by atoms with van der Waals surface area (Å²) < 4.78 is 69.9. The van der Waals surface area contributed by atoms with E-state index in [1.54, 1.807) is 20.8 Å². The first-order valence-corrected chi connectivity index (χ1v) is 5.51. The normalized spacial score (nSPS) is 11.4. The van der Waals surface area contributed by atoms with Crippen LogP contribution in [0.25, 0.3) is 0 Å². The van der Waals surface area contributed by atoms with Crippen molar-refractivity contribution < 1.29 is 31.5 Å². The van der Waals surface area contributed by atoms with Crippen LogP contribution in [-0.2, 0) is 9.53 Å². The van der Waals surface area contributed by atoms with Crippen molar-refractivity contribution in [3.8, 4) is 0 Å². The van der Waals surface area contributed by atoms with Gasteiger partial charge in [0, 0.05) is 0 Å². The van der Waals surface area contributed by atoms with Gasteiger partial charge in [-0.1, -0.05) is 0 Å². The fraction of sp³-hybridized carbons (Fsp3) is 0.417. The Morgan fingerprint density at radius 2 is 1.35 bits per heavy atom. The van der Waals surface area contributed by atoms with Crippen molar-refractivity contribution in [3.63, 3.8) is 0 Å². The second-order valence-electron chi connectivity index (χ2n) is 4.88. The molecule has 0 saturated carbocycles. The van der Waals surface area contributed by atoms with E-state index in [0.29, 0.717) is 0 Å². The Balaban J connectivity index is 2.92. The smallest absolute Gasteiger partial charge is 0.325 e. The molecule has 0 bridgehead atoms. The standard InChI is InChI=1S/C12H12F5NO2/c1-12(2,3)20-5(19)4-18-11-9(16)7(14)6(13)8(15)10(11)17/h18H,4H2,1-3H3. The summed E-state index contributed by atoms with van der Waals surface area (Å²) in [5.74, 6) is -11.4. The lowest BCUT2D eigenvalue weighted by Gasteiger charge is -2.20. The number of halogens is 5. The first-order chi connectivity index (χ1) is 9.04. The van der Waals surface area contributed by atoms with Crippen LogP contribution in [0.1, 0.15) is 20.8 Å². The highest BCUT2D eigenvalue weighted by molar-refractivity contribution is 5.75. The van der Waals surface area contributed by atoms with Crippen molar-refractivity contribution in [3.05, 3.63) is 29.1 Å². The zero-order valence-corrected chi connectivity index (χ0v) is 10.9. The third-order valence-electron chi connectivity index (χ3n) is 2.04. The van der Waals surface area contributed by atoms with Crippen LogP contribution in [0.3, 0.4) is 0 Å². The van der Waals surface area contributed by atoms with Gasteiger partial charge < -0.3 is 10.1 Å². The predicted octanol–water partition coefficient (Wildman–Crippen LogP) is 3.14. The zero-order valence-electron chi connectivity index (χ0n) is 10.9. The second kappa shape index (κ2) is 5.64. The van der Waals surface area contributed by atoms with E-state index >= 15 is 0 Å². The first-order valence-electron chi connectivity index (χ1n) is 5.51. The highest BCUT2D eigenvalue weighted by atomic mass is 19.2. The number of ether oxygens (including phenoxy) is 1. The van der Waals surface area contributed by atoms with Crippen LogP contribution in [0.15, 0.2) is 0 Å². The Bertz CT molecular complexity index is 511. The lowest BCUT2D eigenvalue weighted by atomic mass is 10.2. The van der Waals surface area contributed by atoms with Gasteiger partial charge in [0.25, 0.3) is 0 Å². The molecule has 0 aliphatic carbocycles. The maximum Gasteiger partial charge on any atom is 0.325 e. The molecule has 8 heteroatoms. The number of hydrogen-bond donors (Lipinski definition) is 1. The van der Waals surface area contributed by atoms with Crippen molar-refractivity contribution in [1.82, 2.24) is 0 Å². The summed E-state index contributed by atoms with van der Waals surface area (Å²) in [5.41, 5.74) is -2.11. The van der Waals surface area contributed by atoms with Crippen LogP contribution >= 0.6 is 0 Å². The molecule has 112 valence electrons. The van der Waals surface area contributed by atoms with E-state index in [0.717, 1.165) is 0 Å². The predicted molar refractivity (Wildman–Crippen MR) is 60.6 cm³/mol. The molecule has 0 aliphatic heterocycles. The Morgan fingerprint density at radius 1 is 0.950 bits per heavy atom. The van der Waals surface area contributed by atoms with Crippen LogP contribution < -0.4 is 5.32 Å². The largest absolute Gasteiger partial charge is 0.459 e. The molecular formula is C12H12F5NO2. The van der Waals surface area contributed by atoms with E-state index in [1.165, 1.54) is 0 Å². The van der Waals surface area contributed by atoms with Gasteiger partial charge in [-0.3, -0.25) is 4.79 Å². The fourth-order valence-electron chi connectivity index (χ4n) is 1.30. The van der Waals surface area contributed by atoms with Gasteiger partial charge in [0.1, 0.15) is 17.8 Å². The molecule has 0 aromatic heterocycles. The lowest BCUT2D eigenvalue weighted by molar-refractivity contribution is -0.152. The zero-order chi connectivity index (χ0) is 15.7. The van der Waals surface area contributed by atoms with E-state index in [-0.39, 0.29) is 0 Å². The van der Waals surface area contributed by atoms with Crippen molar-refractivity contribution in [2.75, 3.05) is 11.9 Å². The maximum atomic E-state index is 13.3. The van der Waals surface area contributed by atoms with Crippen LogP contribution in [0.4, 0.5) is 27.6 Å². The van der Waals surface area contributed by atoms with Crippen molar-refractivity contribution >= 4 is 11.7 Å². The van der Waals surface area contributed by atoms with Crippen LogP contribution in [0.5, 0.6) is 0 Å². The SMILES string of the molecule is CC(C)(C)OC(=O)CNc1c(F)c(F)c(F)c(F)c1F. The van der Waals surface area contributed by atoms with Gasteiger partial charge in [0.15, 0.2) is 23.3 Å². The van der Waals surface area contributed by atoms with E-state index in [1.807, 2.05) is 5.32 Å². The number of anilines is 1. The molecule has 1 aromatic rings. The van der Waals surface area contributed by atoms with Crippen LogP contribution in [-0.4, -0.2) is 18.1 Å². The summed E-state index contributed by atoms with van der Waals surface area (Å²) in [6.45, 7) is 3.94. The monoisotopic (exact) mass is 297 g/mol. The highest BCUT2D eigenvalue weighted by Gasteiger charge is 2.26. The van der Waals surface area contributed by atoms with Crippen LogP contribution in [0, 0.1) is 29.1 Å². The molecule has 20 heavy (non-hydrogen) atoms. The van der Waals surface area contributed by atoms with Gasteiger partial charge in [-0.05, 0) is 20.8 Å². The molecule has 0 amide bonds.